The molecule has 5 atom stereocenters. The quantitative estimate of drug-likeness (QED) is 0.332. The van der Waals surface area contributed by atoms with Crippen LogP contribution < -0.4 is 5.73 Å². The van der Waals surface area contributed by atoms with Crippen LogP contribution in [-0.4, -0.2) is 58.5 Å². The normalized spacial score (nSPS) is 37.6. The Morgan fingerprint density at radius 1 is 1.47 bits per heavy atom. The zero-order valence-corrected chi connectivity index (χ0v) is 9.44. The summed E-state index contributed by atoms with van der Waals surface area (Å²) in [6.07, 6.45) is -4.94. The molecule has 1 aliphatic rings. The minimum atomic E-state index is -1.34. The molecular weight excluding hydrogens is 230 g/mol. The van der Waals surface area contributed by atoms with Gasteiger partial charge in [-0.05, 0) is 6.92 Å². The molecule has 0 saturated carbocycles. The number of aliphatic hydroxyl groups excluding tert-OH is 3. The van der Waals surface area contributed by atoms with Crippen molar-refractivity contribution < 1.29 is 29.6 Å². The van der Waals surface area contributed by atoms with Gasteiger partial charge in [0.2, 0.25) is 6.29 Å². The average Bonchev–Trinajstić information content (AvgIpc) is 2.29. The topological polar surface area (TPSA) is 122 Å². The third kappa shape index (κ3) is 3.02. The minimum Gasteiger partial charge on any atom is -0.431 e. The predicted octanol–water partition coefficient (Wildman–Crippen LogP) is -2.13. The largest absolute Gasteiger partial charge is 0.431 e. The van der Waals surface area contributed by atoms with Crippen LogP contribution in [0.25, 0.3) is 0 Å². The van der Waals surface area contributed by atoms with Gasteiger partial charge in [-0.2, -0.15) is 0 Å². The maximum atomic E-state index is 11.3. The molecule has 7 heteroatoms. The Morgan fingerprint density at radius 3 is 2.53 bits per heavy atom. The fourth-order valence-electron chi connectivity index (χ4n) is 1.42. The van der Waals surface area contributed by atoms with Crippen molar-refractivity contribution in [3.05, 3.63) is 12.2 Å². The zero-order chi connectivity index (χ0) is 13.2. The first-order chi connectivity index (χ1) is 7.88. The van der Waals surface area contributed by atoms with Crippen molar-refractivity contribution in [2.75, 3.05) is 6.61 Å². The maximum absolute atomic E-state index is 11.3. The van der Waals surface area contributed by atoms with Crippen molar-refractivity contribution in [1.82, 2.24) is 0 Å². The van der Waals surface area contributed by atoms with Crippen molar-refractivity contribution in [3.63, 3.8) is 0 Å². The molecular formula is C10H17NO6. The molecule has 1 unspecified atom stereocenters. The van der Waals surface area contributed by atoms with E-state index >= 15 is 0 Å². The summed E-state index contributed by atoms with van der Waals surface area (Å²) >= 11 is 0. The van der Waals surface area contributed by atoms with Crippen molar-refractivity contribution in [1.29, 1.82) is 0 Å². The highest BCUT2D eigenvalue weighted by Crippen LogP contribution is 2.21. The predicted molar refractivity (Wildman–Crippen MR) is 56.6 cm³/mol. The van der Waals surface area contributed by atoms with Gasteiger partial charge in [-0.15, -0.1) is 0 Å². The van der Waals surface area contributed by atoms with Gasteiger partial charge in [-0.3, -0.25) is 0 Å². The highest BCUT2D eigenvalue weighted by atomic mass is 16.7. The Labute approximate surface area is 98.4 Å². The van der Waals surface area contributed by atoms with Crippen LogP contribution in [0.3, 0.4) is 0 Å². The molecule has 1 heterocycles. The molecule has 0 amide bonds. The van der Waals surface area contributed by atoms with E-state index in [1.165, 1.54) is 6.92 Å². The molecule has 0 spiro atoms. The Balaban J connectivity index is 2.72. The molecule has 0 aromatic carbocycles. The highest BCUT2D eigenvalue weighted by molar-refractivity contribution is 5.87. The second kappa shape index (κ2) is 5.56. The summed E-state index contributed by atoms with van der Waals surface area (Å²) in [5.74, 6) is -0.717. The van der Waals surface area contributed by atoms with Crippen LogP contribution in [0.15, 0.2) is 12.2 Å². The Bertz CT molecular complexity index is 305. The molecule has 7 nitrogen and oxygen atoms in total. The van der Waals surface area contributed by atoms with Gasteiger partial charge < -0.3 is 30.5 Å². The van der Waals surface area contributed by atoms with Gasteiger partial charge in [0, 0.05) is 5.57 Å². The number of ether oxygens (including phenoxy) is 2. The van der Waals surface area contributed by atoms with Gasteiger partial charge in [-0.25, -0.2) is 4.79 Å². The fraction of sp³-hybridized carbons (Fsp3) is 0.700. The lowest BCUT2D eigenvalue weighted by Crippen LogP contribution is -2.62. The number of hydrogen-bond acceptors (Lipinski definition) is 7. The Morgan fingerprint density at radius 2 is 2.06 bits per heavy atom. The number of aliphatic hydroxyl groups is 3. The summed E-state index contributed by atoms with van der Waals surface area (Å²) in [6, 6.07) is -1.09. The first-order valence-electron chi connectivity index (χ1n) is 5.13. The van der Waals surface area contributed by atoms with Gasteiger partial charge in [0.15, 0.2) is 0 Å². The first kappa shape index (κ1) is 14.1. The van der Waals surface area contributed by atoms with E-state index in [9.17, 15) is 15.0 Å². The lowest BCUT2D eigenvalue weighted by atomic mass is 9.98. The molecule has 17 heavy (non-hydrogen) atoms. The molecule has 1 saturated heterocycles. The molecule has 5 N–H and O–H groups in total. The molecule has 1 aliphatic heterocycles. The van der Waals surface area contributed by atoms with E-state index in [0.717, 1.165) is 0 Å². The van der Waals surface area contributed by atoms with E-state index in [2.05, 4.69) is 6.58 Å². The summed E-state index contributed by atoms with van der Waals surface area (Å²) in [5.41, 5.74) is 5.71. The first-order valence-corrected chi connectivity index (χ1v) is 5.13. The van der Waals surface area contributed by atoms with Crippen LogP contribution in [-0.2, 0) is 14.3 Å². The van der Waals surface area contributed by atoms with Gasteiger partial charge in [-0.1, -0.05) is 6.58 Å². The number of hydrogen-bond donors (Lipinski definition) is 4. The monoisotopic (exact) mass is 247 g/mol. The fourth-order valence-corrected chi connectivity index (χ4v) is 1.42. The Kier molecular flexibility index (Phi) is 4.61. The van der Waals surface area contributed by atoms with Gasteiger partial charge >= 0.3 is 5.97 Å². The van der Waals surface area contributed by atoms with Crippen LogP contribution in [0.2, 0.25) is 0 Å². The van der Waals surface area contributed by atoms with Crippen LogP contribution in [0, 0.1) is 0 Å². The lowest BCUT2D eigenvalue weighted by Gasteiger charge is -2.39. The number of rotatable bonds is 3. The van der Waals surface area contributed by atoms with Crippen LogP contribution in [0.1, 0.15) is 6.92 Å². The number of esters is 1. The molecule has 0 aromatic heterocycles. The number of nitrogens with two attached hydrogens (primary N) is 1. The minimum absolute atomic E-state index is 0.155. The van der Waals surface area contributed by atoms with Gasteiger partial charge in [0.25, 0.3) is 0 Å². The summed E-state index contributed by atoms with van der Waals surface area (Å²) in [6.45, 7) is 4.31. The molecule has 0 aromatic rings. The van der Waals surface area contributed by atoms with Crippen LogP contribution in [0.5, 0.6) is 0 Å². The molecule has 1 rings (SSSR count). The molecule has 98 valence electrons. The number of carbonyl (C=O) groups excluding carboxylic acids is 1. The summed E-state index contributed by atoms with van der Waals surface area (Å²) in [5, 5.41) is 28.0. The number of carbonyl (C=O) groups is 1. The molecule has 1 fully saturated rings. The van der Waals surface area contributed by atoms with Crippen molar-refractivity contribution >= 4 is 5.97 Å². The van der Waals surface area contributed by atoms with E-state index in [4.69, 9.17) is 20.3 Å². The lowest BCUT2D eigenvalue weighted by molar-refractivity contribution is -0.257. The van der Waals surface area contributed by atoms with E-state index in [1.54, 1.807) is 0 Å². The third-order valence-corrected chi connectivity index (χ3v) is 2.50. The van der Waals surface area contributed by atoms with Crippen LogP contribution in [0.4, 0.5) is 0 Å². The van der Waals surface area contributed by atoms with E-state index in [0.29, 0.717) is 0 Å². The SMILES string of the molecule is C=C(C)C(=O)OC1O[C@H](CO)[C@@H](O)[C@H](O)[C@H]1N. The summed E-state index contributed by atoms with van der Waals surface area (Å²) in [4.78, 5) is 11.3. The third-order valence-electron chi connectivity index (χ3n) is 2.50. The van der Waals surface area contributed by atoms with E-state index < -0.39 is 43.2 Å². The smallest absolute Gasteiger partial charge is 0.335 e. The highest BCUT2D eigenvalue weighted by Gasteiger charge is 2.44. The second-order valence-corrected chi connectivity index (χ2v) is 3.97. The maximum Gasteiger partial charge on any atom is 0.335 e. The second-order valence-electron chi connectivity index (χ2n) is 3.97. The average molecular weight is 247 g/mol. The van der Waals surface area contributed by atoms with E-state index in [-0.39, 0.29) is 5.57 Å². The van der Waals surface area contributed by atoms with Gasteiger partial charge in [0.05, 0.1) is 12.6 Å². The van der Waals surface area contributed by atoms with Crippen molar-refractivity contribution in [2.45, 2.75) is 37.6 Å². The molecule has 0 bridgehead atoms. The van der Waals surface area contributed by atoms with Crippen molar-refractivity contribution in [3.8, 4) is 0 Å². The van der Waals surface area contributed by atoms with Crippen molar-refractivity contribution in [2.24, 2.45) is 5.73 Å². The summed E-state index contributed by atoms with van der Waals surface area (Å²) < 4.78 is 9.93. The zero-order valence-electron chi connectivity index (χ0n) is 9.44. The van der Waals surface area contributed by atoms with E-state index in [1.807, 2.05) is 0 Å². The molecule has 0 aliphatic carbocycles. The molecule has 0 radical (unpaired) electrons. The standard InChI is InChI=1S/C10H17NO6/c1-4(2)9(15)17-10-6(11)8(14)7(13)5(3-12)16-10/h5-8,10,12-14H,1,3,11H2,2H3/t5-,6-,7-,8-,10?/m1/s1. The van der Waals surface area contributed by atoms with Crippen LogP contribution >= 0.6 is 0 Å². The summed E-state index contributed by atoms with van der Waals surface area (Å²) in [7, 11) is 0. The van der Waals surface area contributed by atoms with Gasteiger partial charge in [0.1, 0.15) is 18.3 Å². The Hall–Kier alpha value is -0.990.